The zero-order valence-electron chi connectivity index (χ0n) is 9.14. The van der Waals surface area contributed by atoms with Gasteiger partial charge in [-0.2, -0.15) is 0 Å². The summed E-state index contributed by atoms with van der Waals surface area (Å²) >= 11 is 1.42. The molecule has 0 radical (unpaired) electrons. The topological polar surface area (TPSA) is 80.5 Å². The van der Waals surface area contributed by atoms with Gasteiger partial charge in [0, 0.05) is 17.8 Å². The van der Waals surface area contributed by atoms with Gasteiger partial charge < -0.3 is 5.73 Å². The fraction of sp³-hybridized carbons (Fsp3) is 0.300. The third-order valence-electron chi connectivity index (χ3n) is 2.06. The predicted octanol–water partition coefficient (Wildman–Crippen LogP) is 1.68. The first-order valence-corrected chi connectivity index (χ1v) is 5.76. The molecule has 0 aliphatic heterocycles. The number of nitrogens with zero attached hydrogens (tertiary/aromatic N) is 3. The van der Waals surface area contributed by atoms with Gasteiger partial charge >= 0.3 is 0 Å². The number of aromatic amines is 1. The predicted molar refractivity (Wildman–Crippen MR) is 62.1 cm³/mol. The summed E-state index contributed by atoms with van der Waals surface area (Å²) in [5.74, 6) is 0.792. The Bertz CT molecular complexity index is 480. The monoisotopic (exact) mass is 235 g/mol. The third-order valence-corrected chi connectivity index (χ3v) is 2.96. The van der Waals surface area contributed by atoms with E-state index in [4.69, 9.17) is 5.73 Å². The summed E-state index contributed by atoms with van der Waals surface area (Å²) in [5, 5.41) is 8.38. The molecule has 0 aliphatic carbocycles. The van der Waals surface area contributed by atoms with Crippen molar-refractivity contribution in [3.8, 4) is 0 Å². The highest BCUT2D eigenvalue weighted by Crippen LogP contribution is 2.28. The van der Waals surface area contributed by atoms with Gasteiger partial charge in [0.2, 0.25) is 5.16 Å². The minimum atomic E-state index is -0.0451. The minimum absolute atomic E-state index is 0.0451. The van der Waals surface area contributed by atoms with Gasteiger partial charge in [-0.25, -0.2) is 9.97 Å². The number of aryl methyl sites for hydroxylation is 1. The molecule has 0 saturated heterocycles. The first-order valence-electron chi connectivity index (χ1n) is 4.94. The first-order chi connectivity index (χ1) is 7.66. The molecular formula is C10H13N5S. The minimum Gasteiger partial charge on any atom is -0.324 e. The summed E-state index contributed by atoms with van der Waals surface area (Å²) < 4.78 is 0. The van der Waals surface area contributed by atoms with Crippen LogP contribution >= 0.6 is 11.8 Å². The van der Waals surface area contributed by atoms with E-state index >= 15 is 0 Å². The molecule has 2 rings (SSSR count). The number of nitrogens with two attached hydrogens (primary N) is 1. The zero-order valence-corrected chi connectivity index (χ0v) is 9.95. The molecule has 0 bridgehead atoms. The lowest BCUT2D eigenvalue weighted by Crippen LogP contribution is -2.07. The SMILES string of the molecule is Cc1nc(Sc2ncccc2[C@@H](C)N)n[nH]1. The normalized spacial score (nSPS) is 12.7. The van der Waals surface area contributed by atoms with E-state index in [0.29, 0.717) is 5.16 Å². The number of H-pyrrole nitrogens is 1. The van der Waals surface area contributed by atoms with Gasteiger partial charge in [-0.3, -0.25) is 5.10 Å². The molecule has 16 heavy (non-hydrogen) atoms. The summed E-state index contributed by atoms with van der Waals surface area (Å²) in [6.07, 6.45) is 1.74. The van der Waals surface area contributed by atoms with Crippen molar-refractivity contribution in [1.82, 2.24) is 20.2 Å². The van der Waals surface area contributed by atoms with Crippen molar-refractivity contribution in [1.29, 1.82) is 0 Å². The van der Waals surface area contributed by atoms with Crippen LogP contribution in [-0.4, -0.2) is 20.2 Å². The van der Waals surface area contributed by atoms with E-state index in [1.165, 1.54) is 11.8 Å². The fourth-order valence-corrected chi connectivity index (χ4v) is 2.22. The molecule has 2 aromatic heterocycles. The van der Waals surface area contributed by atoms with Gasteiger partial charge in [-0.05, 0) is 31.7 Å². The van der Waals surface area contributed by atoms with E-state index in [1.807, 2.05) is 26.0 Å². The lowest BCUT2D eigenvalue weighted by atomic mass is 10.2. The number of pyridine rings is 1. The van der Waals surface area contributed by atoms with Crippen LogP contribution in [0.1, 0.15) is 24.4 Å². The van der Waals surface area contributed by atoms with Crippen molar-refractivity contribution >= 4 is 11.8 Å². The Labute approximate surface area is 97.9 Å². The average molecular weight is 235 g/mol. The van der Waals surface area contributed by atoms with Crippen LogP contribution in [0.5, 0.6) is 0 Å². The molecule has 5 nitrogen and oxygen atoms in total. The Balaban J connectivity index is 2.27. The van der Waals surface area contributed by atoms with Crippen LogP contribution in [0.2, 0.25) is 0 Å². The summed E-state index contributed by atoms with van der Waals surface area (Å²) in [7, 11) is 0. The quantitative estimate of drug-likeness (QED) is 0.846. The van der Waals surface area contributed by atoms with Gasteiger partial charge in [0.25, 0.3) is 0 Å². The third kappa shape index (κ3) is 2.40. The highest BCUT2D eigenvalue weighted by atomic mass is 32.2. The molecule has 0 aromatic carbocycles. The van der Waals surface area contributed by atoms with E-state index in [-0.39, 0.29) is 6.04 Å². The summed E-state index contributed by atoms with van der Waals surface area (Å²) in [4.78, 5) is 8.52. The molecule has 0 unspecified atom stereocenters. The molecule has 0 aliphatic rings. The maximum atomic E-state index is 5.87. The number of aromatic nitrogens is 4. The van der Waals surface area contributed by atoms with Crippen LogP contribution in [0.4, 0.5) is 0 Å². The van der Waals surface area contributed by atoms with Crippen LogP contribution in [0, 0.1) is 6.92 Å². The van der Waals surface area contributed by atoms with E-state index in [1.54, 1.807) is 6.20 Å². The molecule has 1 atom stereocenters. The van der Waals surface area contributed by atoms with Crippen LogP contribution in [-0.2, 0) is 0 Å². The van der Waals surface area contributed by atoms with Crippen LogP contribution in [0.25, 0.3) is 0 Å². The standard InChI is InChI=1S/C10H13N5S/c1-6(11)8-4-3-5-12-9(8)16-10-13-7(2)14-15-10/h3-6H,11H2,1-2H3,(H,13,14,15)/t6-/m1/s1. The smallest absolute Gasteiger partial charge is 0.214 e. The van der Waals surface area contributed by atoms with Crippen molar-refractivity contribution < 1.29 is 0 Å². The average Bonchev–Trinajstić information content (AvgIpc) is 2.64. The van der Waals surface area contributed by atoms with Gasteiger partial charge in [0.15, 0.2) is 0 Å². The highest BCUT2D eigenvalue weighted by molar-refractivity contribution is 7.99. The molecular weight excluding hydrogens is 222 g/mol. The molecule has 84 valence electrons. The Morgan fingerprint density at radius 3 is 2.94 bits per heavy atom. The van der Waals surface area contributed by atoms with Crippen molar-refractivity contribution in [3.05, 3.63) is 29.7 Å². The Hall–Kier alpha value is -1.40. The number of nitrogens with one attached hydrogen (secondary N) is 1. The molecule has 2 heterocycles. The van der Waals surface area contributed by atoms with Gasteiger partial charge in [-0.1, -0.05) is 6.07 Å². The number of hydrogen-bond acceptors (Lipinski definition) is 5. The molecule has 0 spiro atoms. The maximum absolute atomic E-state index is 5.87. The number of rotatable bonds is 3. The van der Waals surface area contributed by atoms with E-state index in [0.717, 1.165) is 16.4 Å². The maximum Gasteiger partial charge on any atom is 0.214 e. The molecule has 0 amide bonds. The Morgan fingerprint density at radius 1 is 1.50 bits per heavy atom. The van der Waals surface area contributed by atoms with Crippen LogP contribution in [0.15, 0.2) is 28.5 Å². The largest absolute Gasteiger partial charge is 0.324 e. The van der Waals surface area contributed by atoms with Crippen molar-refractivity contribution in [2.75, 3.05) is 0 Å². The highest BCUT2D eigenvalue weighted by Gasteiger charge is 2.11. The summed E-state index contributed by atoms with van der Waals surface area (Å²) in [5.41, 5.74) is 6.88. The first kappa shape index (κ1) is 11.1. The van der Waals surface area contributed by atoms with Gasteiger partial charge in [0.05, 0.1) is 0 Å². The van der Waals surface area contributed by atoms with Crippen LogP contribution in [0.3, 0.4) is 0 Å². The lowest BCUT2D eigenvalue weighted by Gasteiger charge is -2.08. The van der Waals surface area contributed by atoms with Crippen molar-refractivity contribution in [2.24, 2.45) is 5.73 Å². The molecule has 3 N–H and O–H groups in total. The molecule has 6 heteroatoms. The number of hydrogen-bond donors (Lipinski definition) is 2. The molecule has 0 fully saturated rings. The van der Waals surface area contributed by atoms with Crippen LogP contribution < -0.4 is 5.73 Å². The van der Waals surface area contributed by atoms with Gasteiger partial charge in [-0.15, -0.1) is 5.10 Å². The fourth-order valence-electron chi connectivity index (χ4n) is 1.29. The lowest BCUT2D eigenvalue weighted by molar-refractivity contribution is 0.778. The van der Waals surface area contributed by atoms with E-state index < -0.39 is 0 Å². The van der Waals surface area contributed by atoms with Crippen molar-refractivity contribution in [3.63, 3.8) is 0 Å². The Morgan fingerprint density at radius 2 is 2.31 bits per heavy atom. The summed E-state index contributed by atoms with van der Waals surface area (Å²) in [6, 6.07) is 3.81. The van der Waals surface area contributed by atoms with Gasteiger partial charge in [0.1, 0.15) is 10.9 Å². The second kappa shape index (κ2) is 4.63. The second-order valence-corrected chi connectivity index (χ2v) is 4.45. The molecule has 2 aromatic rings. The second-order valence-electron chi connectivity index (χ2n) is 3.49. The Kier molecular flexibility index (Phi) is 3.21. The molecule has 0 saturated carbocycles. The summed E-state index contributed by atoms with van der Waals surface area (Å²) in [6.45, 7) is 3.80. The van der Waals surface area contributed by atoms with E-state index in [9.17, 15) is 0 Å². The van der Waals surface area contributed by atoms with E-state index in [2.05, 4.69) is 20.2 Å². The zero-order chi connectivity index (χ0) is 11.5. The van der Waals surface area contributed by atoms with Crippen molar-refractivity contribution in [2.45, 2.75) is 30.1 Å².